The van der Waals surface area contributed by atoms with Gasteiger partial charge in [0.15, 0.2) is 14.1 Å². The predicted molar refractivity (Wildman–Crippen MR) is 103 cm³/mol. The predicted octanol–water partition coefficient (Wildman–Crippen LogP) is 3.21. The van der Waals surface area contributed by atoms with Gasteiger partial charge < -0.3 is 14.5 Å². The molecule has 7 heteroatoms. The zero-order valence-corrected chi connectivity index (χ0v) is 18.2. The lowest BCUT2D eigenvalue weighted by molar-refractivity contribution is -0.150. The maximum Gasteiger partial charge on any atom is 0.313 e. The number of ketones is 1. The number of carbonyl (C=O) groups is 3. The van der Waals surface area contributed by atoms with E-state index >= 15 is 0 Å². The molecule has 0 aliphatic carbocycles. The minimum Gasteiger partial charge on any atom is -0.469 e. The summed E-state index contributed by atoms with van der Waals surface area (Å²) >= 11 is 0. The van der Waals surface area contributed by atoms with Crippen molar-refractivity contribution in [3.05, 3.63) is 0 Å². The van der Waals surface area contributed by atoms with Gasteiger partial charge in [-0.3, -0.25) is 14.4 Å². The van der Waals surface area contributed by atoms with E-state index in [-0.39, 0.29) is 23.1 Å². The second-order valence-electron chi connectivity index (χ2n) is 8.68. The van der Waals surface area contributed by atoms with E-state index in [4.69, 9.17) is 4.43 Å². The molecule has 0 bridgehead atoms. The first-order valence-corrected chi connectivity index (χ1v) is 12.4. The third kappa shape index (κ3) is 5.64. The molecule has 1 aliphatic heterocycles. The molecule has 1 N–H and O–H groups in total. The zero-order chi connectivity index (χ0) is 20.0. The number of amides is 1. The van der Waals surface area contributed by atoms with Gasteiger partial charge in [-0.05, 0) is 50.2 Å². The third-order valence-corrected chi connectivity index (χ3v) is 10.4. The summed E-state index contributed by atoms with van der Waals surface area (Å²) < 4.78 is 10.8. The van der Waals surface area contributed by atoms with E-state index in [1.165, 1.54) is 7.11 Å². The Kier molecular flexibility index (Phi) is 8.01. The smallest absolute Gasteiger partial charge is 0.313 e. The fraction of sp³-hybridized carbons (Fsp3) is 0.842. The summed E-state index contributed by atoms with van der Waals surface area (Å²) in [7, 11) is -0.531. The molecule has 1 heterocycles. The van der Waals surface area contributed by atoms with E-state index in [0.717, 1.165) is 19.3 Å². The van der Waals surface area contributed by atoms with E-state index in [1.807, 2.05) is 0 Å². The average molecular weight is 386 g/mol. The number of methoxy groups -OCH3 is 1. The molecule has 1 rings (SSSR count). The maximum absolute atomic E-state index is 12.7. The summed E-state index contributed by atoms with van der Waals surface area (Å²) in [5, 5.41) is 2.95. The quantitative estimate of drug-likeness (QED) is 0.285. The minimum atomic E-state index is -1.78. The van der Waals surface area contributed by atoms with Crippen LogP contribution in [0.1, 0.15) is 59.3 Å². The lowest BCUT2D eigenvalue weighted by Gasteiger charge is -2.36. The Morgan fingerprint density at radius 3 is 2.42 bits per heavy atom. The van der Waals surface area contributed by atoms with Gasteiger partial charge in [-0.1, -0.05) is 20.8 Å². The zero-order valence-electron chi connectivity index (χ0n) is 17.2. The van der Waals surface area contributed by atoms with Crippen LogP contribution < -0.4 is 5.32 Å². The van der Waals surface area contributed by atoms with Gasteiger partial charge in [0.05, 0.1) is 7.11 Å². The maximum atomic E-state index is 12.7. The fourth-order valence-electron chi connectivity index (χ4n) is 2.96. The van der Waals surface area contributed by atoms with Crippen molar-refractivity contribution in [2.45, 2.75) is 77.4 Å². The molecule has 0 aromatic heterocycles. The van der Waals surface area contributed by atoms with Crippen LogP contribution in [0.5, 0.6) is 0 Å². The Bertz CT molecular complexity index is 527. The second-order valence-corrected chi connectivity index (χ2v) is 13.5. The molecule has 0 radical (unpaired) electrons. The Hall–Kier alpha value is -1.21. The number of rotatable bonds is 9. The largest absolute Gasteiger partial charge is 0.469 e. The number of Topliss-reactive ketones (excluding diaryl/α,β-unsaturated/α-hetero) is 1. The van der Waals surface area contributed by atoms with E-state index < -0.39 is 19.7 Å². The Morgan fingerprint density at radius 2 is 1.88 bits per heavy atom. The number of piperidine rings is 1. The molecule has 26 heavy (non-hydrogen) atoms. The molecule has 150 valence electrons. The SMILES string of the molecule is COC(=O)CC(=O)[C@]1(CCCCO[Si](C)(C)C(C)(C)C)CCCNC1=O. The van der Waals surface area contributed by atoms with Crippen LogP contribution in [0.4, 0.5) is 0 Å². The molecule has 0 spiro atoms. The summed E-state index contributed by atoms with van der Waals surface area (Å²) in [6.07, 6.45) is 2.87. The molecule has 1 atom stereocenters. The Labute approximate surface area is 158 Å². The van der Waals surface area contributed by atoms with E-state index in [1.54, 1.807) is 0 Å². The minimum absolute atomic E-state index is 0.161. The topological polar surface area (TPSA) is 81.7 Å². The highest BCUT2D eigenvalue weighted by Crippen LogP contribution is 2.38. The third-order valence-electron chi connectivity index (χ3n) is 5.83. The number of esters is 1. The first-order chi connectivity index (χ1) is 12.0. The molecule has 1 aliphatic rings. The molecular formula is C19H35NO5Si. The summed E-state index contributed by atoms with van der Waals surface area (Å²) in [6.45, 7) is 12.2. The Balaban J connectivity index is 2.64. The molecule has 1 fully saturated rings. The highest BCUT2D eigenvalue weighted by atomic mass is 28.4. The van der Waals surface area contributed by atoms with Crippen molar-refractivity contribution in [1.29, 1.82) is 0 Å². The van der Waals surface area contributed by atoms with Crippen LogP contribution in [0.3, 0.4) is 0 Å². The Morgan fingerprint density at radius 1 is 1.23 bits per heavy atom. The van der Waals surface area contributed by atoms with E-state index in [0.29, 0.717) is 26.0 Å². The van der Waals surface area contributed by atoms with Gasteiger partial charge in [0.1, 0.15) is 11.8 Å². The van der Waals surface area contributed by atoms with E-state index in [2.05, 4.69) is 43.9 Å². The number of carbonyl (C=O) groups excluding carboxylic acids is 3. The summed E-state index contributed by atoms with van der Waals surface area (Å²) in [5.41, 5.74) is -1.09. The first-order valence-electron chi connectivity index (χ1n) is 9.49. The molecule has 0 aromatic rings. The van der Waals surface area contributed by atoms with Crippen molar-refractivity contribution in [2.24, 2.45) is 5.41 Å². The van der Waals surface area contributed by atoms with Crippen LogP contribution in [0.15, 0.2) is 0 Å². The summed E-state index contributed by atoms with van der Waals surface area (Å²) in [5.74, 6) is -1.16. The second kappa shape index (κ2) is 9.13. The molecule has 6 nitrogen and oxygen atoms in total. The van der Waals surface area contributed by atoms with Crippen molar-refractivity contribution in [1.82, 2.24) is 5.32 Å². The number of unbranched alkanes of at least 4 members (excludes halogenated alkanes) is 1. The fourth-order valence-corrected chi connectivity index (χ4v) is 4.05. The number of ether oxygens (including phenoxy) is 1. The van der Waals surface area contributed by atoms with Crippen molar-refractivity contribution < 1.29 is 23.5 Å². The van der Waals surface area contributed by atoms with Crippen molar-refractivity contribution in [2.75, 3.05) is 20.3 Å². The van der Waals surface area contributed by atoms with Gasteiger partial charge >= 0.3 is 5.97 Å². The van der Waals surface area contributed by atoms with Gasteiger partial charge in [-0.15, -0.1) is 0 Å². The van der Waals surface area contributed by atoms with Crippen molar-refractivity contribution >= 4 is 26.0 Å². The lowest BCUT2D eigenvalue weighted by Crippen LogP contribution is -2.51. The van der Waals surface area contributed by atoms with Gasteiger partial charge in [0, 0.05) is 13.2 Å². The lowest BCUT2D eigenvalue weighted by atomic mass is 9.71. The summed E-state index contributed by atoms with van der Waals surface area (Å²) in [4.78, 5) is 36.6. The van der Waals surface area contributed by atoms with Crippen LogP contribution in [-0.2, 0) is 23.5 Å². The van der Waals surface area contributed by atoms with Gasteiger partial charge in [0.25, 0.3) is 0 Å². The number of hydrogen-bond donors (Lipinski definition) is 1. The summed E-state index contributed by atoms with van der Waals surface area (Å²) in [6, 6.07) is 0. The number of nitrogens with one attached hydrogen (secondary N) is 1. The molecule has 0 saturated carbocycles. The average Bonchev–Trinajstić information content (AvgIpc) is 2.54. The van der Waals surface area contributed by atoms with Crippen LogP contribution in [-0.4, -0.2) is 46.2 Å². The first kappa shape index (κ1) is 22.8. The van der Waals surface area contributed by atoms with Gasteiger partial charge in [0.2, 0.25) is 5.91 Å². The van der Waals surface area contributed by atoms with Crippen LogP contribution in [0.2, 0.25) is 18.1 Å². The molecule has 0 aromatic carbocycles. The van der Waals surface area contributed by atoms with Crippen LogP contribution >= 0.6 is 0 Å². The van der Waals surface area contributed by atoms with Crippen LogP contribution in [0.25, 0.3) is 0 Å². The van der Waals surface area contributed by atoms with E-state index in [9.17, 15) is 14.4 Å². The normalized spacial score (nSPS) is 21.2. The van der Waals surface area contributed by atoms with Crippen molar-refractivity contribution in [3.8, 4) is 0 Å². The monoisotopic (exact) mass is 385 g/mol. The van der Waals surface area contributed by atoms with Crippen LogP contribution in [0, 0.1) is 5.41 Å². The molecule has 1 amide bonds. The molecule has 0 unspecified atom stereocenters. The number of hydrogen-bond acceptors (Lipinski definition) is 5. The molecule has 1 saturated heterocycles. The standard InChI is InChI=1S/C19H35NO5Si/c1-18(2,3)26(5,6)25-13-8-7-10-19(11-9-12-20-17(19)23)15(21)14-16(22)24-4/h7-14H2,1-6H3,(H,20,23)/t19-/m0/s1. The highest BCUT2D eigenvalue weighted by Gasteiger charge is 2.46. The highest BCUT2D eigenvalue weighted by molar-refractivity contribution is 6.74. The van der Waals surface area contributed by atoms with Gasteiger partial charge in [-0.25, -0.2) is 0 Å². The van der Waals surface area contributed by atoms with Gasteiger partial charge in [-0.2, -0.15) is 0 Å². The van der Waals surface area contributed by atoms with Crippen molar-refractivity contribution in [3.63, 3.8) is 0 Å². The molecular weight excluding hydrogens is 350 g/mol.